The SMILES string of the molecule is CCN(CC)S(=O)(=O)c1ccc2nc(NC(=O)COc3ccccc3OC)sc2c1. The number of carbonyl (C=O) groups is 1. The number of methoxy groups -OCH3 is 1. The lowest BCUT2D eigenvalue weighted by Crippen LogP contribution is -2.30. The molecule has 1 N–H and O–H groups in total. The van der Waals surface area contributed by atoms with E-state index in [1.54, 1.807) is 44.2 Å². The van der Waals surface area contributed by atoms with Crippen molar-refractivity contribution in [2.75, 3.05) is 32.1 Å². The molecule has 0 fully saturated rings. The largest absolute Gasteiger partial charge is 0.493 e. The van der Waals surface area contributed by atoms with Gasteiger partial charge in [-0.05, 0) is 30.3 Å². The van der Waals surface area contributed by atoms with Crippen molar-refractivity contribution in [1.82, 2.24) is 9.29 Å². The van der Waals surface area contributed by atoms with Crippen molar-refractivity contribution in [3.63, 3.8) is 0 Å². The highest BCUT2D eigenvalue weighted by atomic mass is 32.2. The lowest BCUT2D eigenvalue weighted by molar-refractivity contribution is -0.118. The molecule has 1 heterocycles. The number of ether oxygens (including phenoxy) is 2. The zero-order valence-electron chi connectivity index (χ0n) is 16.9. The summed E-state index contributed by atoms with van der Waals surface area (Å²) >= 11 is 1.21. The summed E-state index contributed by atoms with van der Waals surface area (Å²) in [6.07, 6.45) is 0. The van der Waals surface area contributed by atoms with Crippen molar-refractivity contribution in [2.45, 2.75) is 18.7 Å². The fourth-order valence-electron chi connectivity index (χ4n) is 2.87. The summed E-state index contributed by atoms with van der Waals surface area (Å²) < 4.78 is 38.2. The molecule has 0 aliphatic rings. The molecule has 0 aliphatic heterocycles. The second-order valence-electron chi connectivity index (χ2n) is 6.23. The maximum atomic E-state index is 12.7. The van der Waals surface area contributed by atoms with Crippen LogP contribution in [0.3, 0.4) is 0 Å². The number of nitrogens with one attached hydrogen (secondary N) is 1. The number of benzene rings is 2. The first kappa shape index (κ1) is 22.0. The maximum absolute atomic E-state index is 12.7. The Morgan fingerprint density at radius 2 is 1.83 bits per heavy atom. The Balaban J connectivity index is 1.72. The van der Waals surface area contributed by atoms with Gasteiger partial charge in [-0.15, -0.1) is 0 Å². The van der Waals surface area contributed by atoms with Gasteiger partial charge in [-0.3, -0.25) is 10.1 Å². The number of para-hydroxylation sites is 2. The Labute approximate surface area is 179 Å². The Hall–Kier alpha value is -2.69. The van der Waals surface area contributed by atoms with Crippen LogP contribution < -0.4 is 14.8 Å². The van der Waals surface area contributed by atoms with Gasteiger partial charge in [-0.1, -0.05) is 37.3 Å². The minimum Gasteiger partial charge on any atom is -0.493 e. The van der Waals surface area contributed by atoms with Gasteiger partial charge in [-0.25, -0.2) is 13.4 Å². The molecule has 3 aromatic rings. The lowest BCUT2D eigenvalue weighted by Gasteiger charge is -2.18. The number of fused-ring (bicyclic) bond motifs is 1. The molecule has 0 atom stereocenters. The first-order valence-corrected chi connectivity index (χ1v) is 11.6. The minimum atomic E-state index is -3.56. The van der Waals surface area contributed by atoms with Crippen molar-refractivity contribution in [2.24, 2.45) is 0 Å². The fourth-order valence-corrected chi connectivity index (χ4v) is 5.35. The highest BCUT2D eigenvalue weighted by molar-refractivity contribution is 7.89. The van der Waals surface area contributed by atoms with Crippen LogP contribution in [0.2, 0.25) is 0 Å². The van der Waals surface area contributed by atoms with E-state index < -0.39 is 10.0 Å². The fraction of sp³-hybridized carbons (Fsp3) is 0.300. The molecule has 30 heavy (non-hydrogen) atoms. The van der Waals surface area contributed by atoms with Crippen molar-refractivity contribution in [3.05, 3.63) is 42.5 Å². The maximum Gasteiger partial charge on any atom is 0.264 e. The van der Waals surface area contributed by atoms with Crippen LogP contribution >= 0.6 is 11.3 Å². The van der Waals surface area contributed by atoms with Crippen LogP contribution in [0.15, 0.2) is 47.4 Å². The van der Waals surface area contributed by atoms with Gasteiger partial charge in [0.05, 0.1) is 22.2 Å². The van der Waals surface area contributed by atoms with E-state index >= 15 is 0 Å². The van der Waals surface area contributed by atoms with Crippen LogP contribution in [-0.2, 0) is 14.8 Å². The summed E-state index contributed by atoms with van der Waals surface area (Å²) in [5.41, 5.74) is 0.611. The number of sulfonamides is 1. The Morgan fingerprint density at radius 3 is 2.50 bits per heavy atom. The van der Waals surface area contributed by atoms with E-state index in [0.29, 0.717) is 39.9 Å². The molecule has 8 nitrogen and oxygen atoms in total. The first-order valence-electron chi connectivity index (χ1n) is 9.35. The zero-order chi connectivity index (χ0) is 21.7. The molecule has 0 saturated carbocycles. The summed E-state index contributed by atoms with van der Waals surface area (Å²) in [6.45, 7) is 4.18. The zero-order valence-corrected chi connectivity index (χ0v) is 18.5. The lowest BCUT2D eigenvalue weighted by atomic mass is 10.3. The Kier molecular flexibility index (Phi) is 6.91. The minimum absolute atomic E-state index is 0.208. The van der Waals surface area contributed by atoms with Crippen LogP contribution in [0, 0.1) is 0 Å². The molecule has 0 bridgehead atoms. The molecule has 160 valence electrons. The number of thiazole rings is 1. The Morgan fingerprint density at radius 1 is 1.13 bits per heavy atom. The van der Waals surface area contributed by atoms with E-state index in [1.807, 2.05) is 6.07 Å². The quantitative estimate of drug-likeness (QED) is 0.538. The topological polar surface area (TPSA) is 97.8 Å². The highest BCUT2D eigenvalue weighted by Crippen LogP contribution is 2.29. The third kappa shape index (κ3) is 4.72. The van der Waals surface area contributed by atoms with Gasteiger partial charge in [0.15, 0.2) is 23.2 Å². The van der Waals surface area contributed by atoms with Gasteiger partial charge in [0, 0.05) is 13.1 Å². The summed E-state index contributed by atoms with van der Waals surface area (Å²) in [6, 6.07) is 11.8. The molecule has 1 amide bonds. The third-order valence-corrected chi connectivity index (χ3v) is 7.36. The number of amides is 1. The molecule has 0 aliphatic carbocycles. The smallest absolute Gasteiger partial charge is 0.264 e. The van der Waals surface area contributed by atoms with E-state index in [9.17, 15) is 13.2 Å². The highest BCUT2D eigenvalue weighted by Gasteiger charge is 2.22. The first-order chi connectivity index (χ1) is 14.4. The van der Waals surface area contributed by atoms with Crippen molar-refractivity contribution in [3.8, 4) is 11.5 Å². The van der Waals surface area contributed by atoms with E-state index in [1.165, 1.54) is 28.8 Å². The molecule has 1 aromatic heterocycles. The van der Waals surface area contributed by atoms with Gasteiger partial charge in [0.2, 0.25) is 10.0 Å². The predicted molar refractivity (Wildman–Crippen MR) is 117 cm³/mol. The molecule has 3 rings (SSSR count). The molecule has 10 heteroatoms. The molecular formula is C20H23N3O5S2. The average Bonchev–Trinajstić information content (AvgIpc) is 3.14. The summed E-state index contributed by atoms with van der Waals surface area (Å²) in [7, 11) is -2.03. The van der Waals surface area contributed by atoms with Crippen LogP contribution in [0.1, 0.15) is 13.8 Å². The van der Waals surface area contributed by atoms with Crippen molar-refractivity contribution >= 4 is 42.6 Å². The van der Waals surface area contributed by atoms with Crippen LogP contribution in [0.4, 0.5) is 5.13 Å². The van der Waals surface area contributed by atoms with E-state index in [2.05, 4.69) is 10.3 Å². The van der Waals surface area contributed by atoms with Gasteiger partial charge < -0.3 is 9.47 Å². The number of hydrogen-bond donors (Lipinski definition) is 1. The monoisotopic (exact) mass is 449 g/mol. The normalized spacial score (nSPS) is 11.6. The number of rotatable bonds is 9. The number of hydrogen-bond acceptors (Lipinski definition) is 7. The second kappa shape index (κ2) is 9.41. The second-order valence-corrected chi connectivity index (χ2v) is 9.19. The molecule has 0 unspecified atom stereocenters. The average molecular weight is 450 g/mol. The number of nitrogens with zero attached hydrogens (tertiary/aromatic N) is 2. The van der Waals surface area contributed by atoms with Crippen LogP contribution in [-0.4, -0.2) is 50.4 Å². The van der Waals surface area contributed by atoms with Gasteiger partial charge >= 0.3 is 0 Å². The molecular weight excluding hydrogens is 426 g/mol. The van der Waals surface area contributed by atoms with Crippen LogP contribution in [0.25, 0.3) is 10.2 Å². The summed E-state index contributed by atoms with van der Waals surface area (Å²) in [5.74, 6) is 0.619. The number of anilines is 1. The van der Waals surface area contributed by atoms with Crippen LogP contribution in [0.5, 0.6) is 11.5 Å². The number of aromatic nitrogens is 1. The number of carbonyl (C=O) groups excluding carboxylic acids is 1. The summed E-state index contributed by atoms with van der Waals surface area (Å²) in [4.78, 5) is 16.8. The molecule has 2 aromatic carbocycles. The standard InChI is InChI=1S/C20H23N3O5S2/c1-4-23(5-2)30(25,26)14-10-11-15-18(12-14)29-20(21-15)22-19(24)13-28-17-9-7-6-8-16(17)27-3/h6-12H,4-5,13H2,1-3H3,(H,21,22,24). The molecule has 0 radical (unpaired) electrons. The third-order valence-electron chi connectivity index (χ3n) is 4.38. The van der Waals surface area contributed by atoms with Gasteiger partial charge in [0.1, 0.15) is 0 Å². The van der Waals surface area contributed by atoms with E-state index in [0.717, 1.165) is 0 Å². The predicted octanol–water partition coefficient (Wildman–Crippen LogP) is 3.35. The van der Waals surface area contributed by atoms with Gasteiger partial charge in [0.25, 0.3) is 5.91 Å². The van der Waals surface area contributed by atoms with E-state index in [4.69, 9.17) is 9.47 Å². The van der Waals surface area contributed by atoms with Crippen molar-refractivity contribution in [1.29, 1.82) is 0 Å². The summed E-state index contributed by atoms with van der Waals surface area (Å²) in [5, 5.41) is 3.06. The Bertz CT molecular complexity index is 1140. The van der Waals surface area contributed by atoms with E-state index in [-0.39, 0.29) is 17.4 Å². The van der Waals surface area contributed by atoms with Gasteiger partial charge in [-0.2, -0.15) is 4.31 Å². The molecule has 0 saturated heterocycles. The molecule has 0 spiro atoms. The van der Waals surface area contributed by atoms with Crippen molar-refractivity contribution < 1.29 is 22.7 Å².